The lowest BCUT2D eigenvalue weighted by molar-refractivity contribution is -0.112. The number of rotatable bonds is 6. The van der Waals surface area contributed by atoms with Crippen molar-refractivity contribution in [3.05, 3.63) is 71.0 Å². The van der Waals surface area contributed by atoms with E-state index in [1.165, 1.54) is 18.7 Å². The zero-order valence-corrected chi connectivity index (χ0v) is 18.0. The van der Waals surface area contributed by atoms with Gasteiger partial charge in [-0.2, -0.15) is 5.26 Å². The maximum Gasteiger partial charge on any atom is 0.196 e. The molecule has 0 radical (unpaired) electrons. The summed E-state index contributed by atoms with van der Waals surface area (Å²) >= 11 is 7.27. The van der Waals surface area contributed by atoms with Crippen LogP contribution in [0.15, 0.2) is 71.2 Å². The summed E-state index contributed by atoms with van der Waals surface area (Å²) in [6, 6.07) is 17.1. The fourth-order valence-corrected chi connectivity index (χ4v) is 4.14. The summed E-state index contributed by atoms with van der Waals surface area (Å²) < 4.78 is 1.87. The highest BCUT2D eigenvalue weighted by Crippen LogP contribution is 2.32. The first-order valence-corrected chi connectivity index (χ1v) is 10.7. The molecule has 0 spiro atoms. The van der Waals surface area contributed by atoms with E-state index in [2.05, 4.69) is 15.2 Å². The second-order valence-electron chi connectivity index (χ2n) is 6.75. The summed E-state index contributed by atoms with van der Waals surface area (Å²) in [5.74, 6) is 0.282. The van der Waals surface area contributed by atoms with Crippen LogP contribution >= 0.6 is 23.4 Å². The summed E-state index contributed by atoms with van der Waals surface area (Å²) in [5.41, 5.74) is 8.48. The third-order valence-corrected chi connectivity index (χ3v) is 5.85. The Balaban J connectivity index is 1.78. The molecular weight excluding hydrogens is 432 g/mol. The van der Waals surface area contributed by atoms with E-state index in [9.17, 15) is 10.1 Å². The molecule has 154 valence electrons. The Labute approximate surface area is 187 Å². The number of benzene rings is 2. The molecule has 2 heterocycles. The van der Waals surface area contributed by atoms with Gasteiger partial charge in [-0.3, -0.25) is 9.36 Å². The fourth-order valence-electron chi connectivity index (χ4n) is 3.19. The number of carbonyl (C=O) groups excluding carboxylic acids is 1. The van der Waals surface area contributed by atoms with Crippen LogP contribution in [0.2, 0.25) is 5.02 Å². The van der Waals surface area contributed by atoms with Gasteiger partial charge >= 0.3 is 0 Å². The van der Waals surface area contributed by atoms with Crippen molar-refractivity contribution < 1.29 is 4.79 Å². The molecule has 4 aromatic rings. The molecule has 0 aliphatic carbocycles. The molecule has 2 aromatic heterocycles. The standard InChI is InChI=1S/C22H17ClN6OS/c1-13(25)17(10-24)20(30)12-31-22-28-27-21(29(22)15-8-6-14(23)7-9-15)18-11-26-19-5-3-2-4-16(18)19/h2-9,11,26H,12,25H2,1H3/b17-13-. The number of aromatic nitrogens is 4. The van der Waals surface area contributed by atoms with E-state index < -0.39 is 0 Å². The Kier molecular flexibility index (Phi) is 5.80. The second kappa shape index (κ2) is 8.68. The number of Topliss-reactive ketones (excluding diaryl/α,β-unsaturated/α-hetero) is 1. The van der Waals surface area contributed by atoms with Crippen LogP contribution in [0.4, 0.5) is 0 Å². The quantitative estimate of drug-likeness (QED) is 0.255. The van der Waals surface area contributed by atoms with Gasteiger partial charge in [0.05, 0.1) is 5.75 Å². The average molecular weight is 449 g/mol. The molecule has 3 N–H and O–H groups in total. The molecule has 0 fully saturated rings. The van der Waals surface area contributed by atoms with Crippen molar-refractivity contribution >= 4 is 40.0 Å². The van der Waals surface area contributed by atoms with Crippen LogP contribution in [0.5, 0.6) is 0 Å². The number of carbonyl (C=O) groups is 1. The number of ketones is 1. The number of aromatic amines is 1. The topological polar surface area (TPSA) is 113 Å². The smallest absolute Gasteiger partial charge is 0.196 e. The molecule has 0 amide bonds. The maximum absolute atomic E-state index is 12.4. The number of hydrogen-bond acceptors (Lipinski definition) is 6. The number of hydrogen-bond donors (Lipinski definition) is 2. The zero-order chi connectivity index (χ0) is 22.0. The fraction of sp³-hybridized carbons (Fsp3) is 0.0909. The molecule has 0 saturated carbocycles. The molecule has 7 nitrogen and oxygen atoms in total. The molecule has 0 aliphatic heterocycles. The zero-order valence-electron chi connectivity index (χ0n) is 16.5. The predicted molar refractivity (Wildman–Crippen MR) is 122 cm³/mol. The van der Waals surface area contributed by atoms with E-state index in [-0.39, 0.29) is 22.8 Å². The van der Waals surface area contributed by atoms with Crippen LogP contribution in [0.3, 0.4) is 0 Å². The van der Waals surface area contributed by atoms with Crippen molar-refractivity contribution in [2.75, 3.05) is 5.75 Å². The summed E-state index contributed by atoms with van der Waals surface area (Å²) in [6.45, 7) is 1.53. The number of H-pyrrole nitrogens is 1. The van der Waals surface area contributed by atoms with E-state index in [0.29, 0.717) is 16.0 Å². The van der Waals surface area contributed by atoms with Gasteiger partial charge in [-0.25, -0.2) is 0 Å². The number of nitrogens with one attached hydrogen (secondary N) is 1. The van der Waals surface area contributed by atoms with Gasteiger partial charge in [0.25, 0.3) is 0 Å². The van der Waals surface area contributed by atoms with Gasteiger partial charge in [0.15, 0.2) is 16.8 Å². The Morgan fingerprint density at radius 2 is 1.97 bits per heavy atom. The number of nitriles is 1. The Morgan fingerprint density at radius 1 is 1.23 bits per heavy atom. The number of thioether (sulfide) groups is 1. The lowest BCUT2D eigenvalue weighted by Crippen LogP contribution is -2.11. The van der Waals surface area contributed by atoms with Gasteiger partial charge in [0.1, 0.15) is 11.6 Å². The molecule has 0 bridgehead atoms. The van der Waals surface area contributed by atoms with Gasteiger partial charge in [0.2, 0.25) is 0 Å². The van der Waals surface area contributed by atoms with Crippen LogP contribution in [-0.2, 0) is 4.79 Å². The number of fused-ring (bicyclic) bond motifs is 1. The van der Waals surface area contributed by atoms with E-state index in [4.69, 9.17) is 17.3 Å². The van der Waals surface area contributed by atoms with Crippen LogP contribution in [0.25, 0.3) is 28.0 Å². The summed E-state index contributed by atoms with van der Waals surface area (Å²) in [4.78, 5) is 15.7. The second-order valence-corrected chi connectivity index (χ2v) is 8.13. The van der Waals surface area contributed by atoms with Gasteiger partial charge in [-0.05, 0) is 37.3 Å². The van der Waals surface area contributed by atoms with Crippen molar-refractivity contribution in [2.24, 2.45) is 5.73 Å². The van der Waals surface area contributed by atoms with Crippen LogP contribution in [0, 0.1) is 11.3 Å². The highest BCUT2D eigenvalue weighted by atomic mass is 35.5. The lowest BCUT2D eigenvalue weighted by Gasteiger charge is -2.10. The van der Waals surface area contributed by atoms with Crippen molar-refractivity contribution in [1.82, 2.24) is 19.7 Å². The molecule has 0 aliphatic rings. The Morgan fingerprint density at radius 3 is 2.68 bits per heavy atom. The normalized spacial score (nSPS) is 11.9. The maximum atomic E-state index is 12.4. The van der Waals surface area contributed by atoms with Crippen molar-refractivity contribution in [3.63, 3.8) is 0 Å². The molecule has 9 heteroatoms. The average Bonchev–Trinajstić information content (AvgIpc) is 3.37. The van der Waals surface area contributed by atoms with Gasteiger partial charge in [-0.1, -0.05) is 41.6 Å². The molecule has 31 heavy (non-hydrogen) atoms. The predicted octanol–water partition coefficient (Wildman–Crippen LogP) is 4.49. The number of nitrogens with two attached hydrogens (primary N) is 1. The highest BCUT2D eigenvalue weighted by molar-refractivity contribution is 7.99. The van der Waals surface area contributed by atoms with Gasteiger partial charge < -0.3 is 10.7 Å². The van der Waals surface area contributed by atoms with E-state index >= 15 is 0 Å². The first-order valence-electron chi connectivity index (χ1n) is 9.30. The minimum absolute atomic E-state index is 0.0110. The van der Waals surface area contributed by atoms with Gasteiger partial charge in [-0.15, -0.1) is 10.2 Å². The molecule has 0 saturated heterocycles. The van der Waals surface area contributed by atoms with Crippen LogP contribution in [0.1, 0.15) is 6.92 Å². The largest absolute Gasteiger partial charge is 0.401 e. The number of allylic oxidation sites excluding steroid dienone is 2. The third kappa shape index (κ3) is 4.06. The first kappa shape index (κ1) is 20.7. The minimum Gasteiger partial charge on any atom is -0.401 e. The lowest BCUT2D eigenvalue weighted by atomic mass is 10.1. The summed E-state index contributed by atoms with van der Waals surface area (Å²) in [6.07, 6.45) is 1.88. The van der Waals surface area contributed by atoms with Gasteiger partial charge in [0, 0.05) is 39.1 Å². The van der Waals surface area contributed by atoms with Crippen molar-refractivity contribution in [2.45, 2.75) is 12.1 Å². The molecule has 2 aromatic carbocycles. The minimum atomic E-state index is -0.355. The number of nitrogens with zero attached hydrogens (tertiary/aromatic N) is 4. The summed E-state index contributed by atoms with van der Waals surface area (Å²) in [7, 11) is 0. The Bertz CT molecular complexity index is 1340. The van der Waals surface area contributed by atoms with Crippen molar-refractivity contribution in [3.8, 4) is 23.1 Å². The van der Waals surface area contributed by atoms with E-state index in [1.54, 1.807) is 12.1 Å². The summed E-state index contributed by atoms with van der Waals surface area (Å²) in [5, 5.41) is 20.1. The Hall–Kier alpha value is -3.54. The first-order chi connectivity index (χ1) is 15.0. The van der Waals surface area contributed by atoms with E-state index in [1.807, 2.05) is 53.2 Å². The monoisotopic (exact) mass is 448 g/mol. The molecular formula is C22H17ClN6OS. The third-order valence-electron chi connectivity index (χ3n) is 4.67. The van der Waals surface area contributed by atoms with E-state index in [0.717, 1.165) is 22.2 Å². The number of para-hydroxylation sites is 1. The molecule has 0 atom stereocenters. The van der Waals surface area contributed by atoms with Crippen LogP contribution in [-0.4, -0.2) is 31.3 Å². The SMILES string of the molecule is C/C(N)=C(\C#N)C(=O)CSc1nnc(-c2c[nH]c3ccccc23)n1-c1ccc(Cl)cc1. The van der Waals surface area contributed by atoms with Crippen molar-refractivity contribution in [1.29, 1.82) is 5.26 Å². The highest BCUT2D eigenvalue weighted by Gasteiger charge is 2.21. The van der Waals surface area contributed by atoms with Crippen LogP contribution < -0.4 is 5.73 Å². The molecule has 4 rings (SSSR count). The molecule has 0 unspecified atom stereocenters. The number of halogens is 1.